The molecule has 2 rings (SSSR count). The minimum Gasteiger partial charge on any atom is -0.328 e. The van der Waals surface area contributed by atoms with E-state index in [1.54, 1.807) is 10.9 Å². The summed E-state index contributed by atoms with van der Waals surface area (Å²) in [6, 6.07) is 2.55. The molecule has 0 bridgehead atoms. The van der Waals surface area contributed by atoms with Crippen LogP contribution in [0.2, 0.25) is 0 Å². The SMILES string of the molecule is CC(C)n1cc(NS(=O)(=O)c2ccc(=O)[nH]c2)cn1. The van der Waals surface area contributed by atoms with E-state index < -0.39 is 10.0 Å². The van der Waals surface area contributed by atoms with Gasteiger partial charge in [0.15, 0.2) is 0 Å². The first-order valence-corrected chi connectivity index (χ1v) is 7.12. The summed E-state index contributed by atoms with van der Waals surface area (Å²) in [5, 5.41) is 4.04. The van der Waals surface area contributed by atoms with Crippen LogP contribution < -0.4 is 10.3 Å². The summed E-state index contributed by atoms with van der Waals surface area (Å²) in [4.78, 5) is 13.2. The molecule has 102 valence electrons. The molecule has 0 radical (unpaired) electrons. The summed E-state index contributed by atoms with van der Waals surface area (Å²) in [5.74, 6) is 0. The number of aromatic amines is 1. The van der Waals surface area contributed by atoms with Gasteiger partial charge in [-0.05, 0) is 19.9 Å². The zero-order valence-corrected chi connectivity index (χ0v) is 11.3. The molecule has 0 spiro atoms. The fraction of sp³-hybridized carbons (Fsp3) is 0.273. The van der Waals surface area contributed by atoms with E-state index >= 15 is 0 Å². The van der Waals surface area contributed by atoms with E-state index in [-0.39, 0.29) is 16.5 Å². The Balaban J connectivity index is 2.25. The highest BCUT2D eigenvalue weighted by molar-refractivity contribution is 7.92. The number of rotatable bonds is 4. The summed E-state index contributed by atoms with van der Waals surface area (Å²) in [7, 11) is -3.72. The predicted octanol–water partition coefficient (Wildman–Crippen LogP) is 0.953. The van der Waals surface area contributed by atoms with E-state index in [1.807, 2.05) is 13.8 Å². The maximum absolute atomic E-state index is 12.0. The van der Waals surface area contributed by atoms with E-state index in [2.05, 4.69) is 14.8 Å². The molecule has 0 amide bonds. The Labute approximate surface area is 110 Å². The normalized spacial score (nSPS) is 11.7. The molecule has 19 heavy (non-hydrogen) atoms. The quantitative estimate of drug-likeness (QED) is 0.872. The zero-order chi connectivity index (χ0) is 14.0. The number of sulfonamides is 1. The number of pyridine rings is 1. The van der Waals surface area contributed by atoms with Crippen LogP contribution in [0.15, 0.2) is 40.4 Å². The van der Waals surface area contributed by atoms with E-state index in [4.69, 9.17) is 0 Å². The Morgan fingerprint density at radius 2 is 2.11 bits per heavy atom. The van der Waals surface area contributed by atoms with Crippen molar-refractivity contribution >= 4 is 15.7 Å². The molecule has 0 unspecified atom stereocenters. The summed E-state index contributed by atoms with van der Waals surface area (Å²) in [5.41, 5.74) is 0.0199. The average molecular weight is 282 g/mol. The van der Waals surface area contributed by atoms with Gasteiger partial charge in [0.25, 0.3) is 10.0 Å². The molecule has 0 aliphatic carbocycles. The van der Waals surface area contributed by atoms with Gasteiger partial charge in [-0.1, -0.05) is 0 Å². The Hall–Kier alpha value is -2.09. The minimum absolute atomic E-state index is 0.00982. The Kier molecular flexibility index (Phi) is 3.43. The van der Waals surface area contributed by atoms with Crippen molar-refractivity contribution in [1.82, 2.24) is 14.8 Å². The second kappa shape index (κ2) is 4.88. The van der Waals surface area contributed by atoms with E-state index in [0.717, 1.165) is 12.3 Å². The summed E-state index contributed by atoms with van der Waals surface area (Å²) >= 11 is 0. The van der Waals surface area contributed by atoms with E-state index in [9.17, 15) is 13.2 Å². The number of nitrogens with zero attached hydrogens (tertiary/aromatic N) is 2. The second-order valence-corrected chi connectivity index (χ2v) is 5.98. The molecule has 2 heterocycles. The van der Waals surface area contributed by atoms with Gasteiger partial charge < -0.3 is 4.98 Å². The van der Waals surface area contributed by atoms with Crippen molar-refractivity contribution in [2.45, 2.75) is 24.8 Å². The van der Waals surface area contributed by atoms with Gasteiger partial charge in [0.2, 0.25) is 5.56 Å². The fourth-order valence-corrected chi connectivity index (χ4v) is 2.45. The maximum Gasteiger partial charge on any atom is 0.263 e. The topological polar surface area (TPSA) is 96.9 Å². The lowest BCUT2D eigenvalue weighted by Gasteiger charge is -2.06. The van der Waals surface area contributed by atoms with E-state index in [1.165, 1.54) is 12.3 Å². The first-order valence-electron chi connectivity index (χ1n) is 5.64. The molecule has 7 nitrogen and oxygen atoms in total. The molecule has 0 saturated heterocycles. The van der Waals surface area contributed by atoms with Crippen LogP contribution in [0, 0.1) is 0 Å². The van der Waals surface area contributed by atoms with Crippen molar-refractivity contribution in [2.24, 2.45) is 0 Å². The van der Waals surface area contributed by atoms with Crippen LogP contribution in [0.3, 0.4) is 0 Å². The first-order chi connectivity index (χ1) is 8.88. The van der Waals surface area contributed by atoms with Crippen molar-refractivity contribution in [3.8, 4) is 0 Å². The molecule has 0 aliphatic rings. The van der Waals surface area contributed by atoms with Crippen LogP contribution in [-0.4, -0.2) is 23.2 Å². The molecule has 2 aromatic heterocycles. The van der Waals surface area contributed by atoms with Crippen LogP contribution in [0.4, 0.5) is 5.69 Å². The Morgan fingerprint density at radius 3 is 2.63 bits per heavy atom. The van der Waals surface area contributed by atoms with Crippen LogP contribution in [0.5, 0.6) is 0 Å². The van der Waals surface area contributed by atoms with Gasteiger partial charge in [-0.25, -0.2) is 8.42 Å². The number of hydrogen-bond acceptors (Lipinski definition) is 4. The van der Waals surface area contributed by atoms with Gasteiger partial charge >= 0.3 is 0 Å². The second-order valence-electron chi connectivity index (χ2n) is 4.30. The number of aromatic nitrogens is 3. The highest BCUT2D eigenvalue weighted by Crippen LogP contribution is 2.15. The van der Waals surface area contributed by atoms with Gasteiger partial charge in [-0.3, -0.25) is 14.2 Å². The smallest absolute Gasteiger partial charge is 0.263 e. The molecule has 0 aromatic carbocycles. The minimum atomic E-state index is -3.72. The van der Waals surface area contributed by atoms with Gasteiger partial charge in [-0.15, -0.1) is 0 Å². The Morgan fingerprint density at radius 1 is 1.37 bits per heavy atom. The van der Waals surface area contributed by atoms with Crippen LogP contribution in [-0.2, 0) is 10.0 Å². The van der Waals surface area contributed by atoms with Crippen molar-refractivity contribution in [3.63, 3.8) is 0 Å². The number of H-pyrrole nitrogens is 1. The Bertz CT molecular complexity index is 710. The first kappa shape index (κ1) is 13.3. The molecule has 2 N–H and O–H groups in total. The lowest BCUT2D eigenvalue weighted by atomic mass is 10.4. The molecule has 2 aromatic rings. The van der Waals surface area contributed by atoms with Gasteiger partial charge in [0.05, 0.1) is 11.9 Å². The number of hydrogen-bond donors (Lipinski definition) is 2. The maximum atomic E-state index is 12.0. The van der Waals surface area contributed by atoms with Crippen LogP contribution in [0.1, 0.15) is 19.9 Å². The molecule has 8 heteroatoms. The monoisotopic (exact) mass is 282 g/mol. The third-order valence-electron chi connectivity index (χ3n) is 2.45. The lowest BCUT2D eigenvalue weighted by molar-refractivity contribution is 0.532. The zero-order valence-electron chi connectivity index (χ0n) is 10.5. The summed E-state index contributed by atoms with van der Waals surface area (Å²) in [6.07, 6.45) is 4.19. The molecule has 0 aliphatic heterocycles. The molecule has 0 saturated carbocycles. The highest BCUT2D eigenvalue weighted by Gasteiger charge is 2.15. The third-order valence-corrected chi connectivity index (χ3v) is 3.83. The predicted molar refractivity (Wildman–Crippen MR) is 70.5 cm³/mol. The molecular weight excluding hydrogens is 268 g/mol. The van der Waals surface area contributed by atoms with Gasteiger partial charge in [-0.2, -0.15) is 5.10 Å². The fourth-order valence-electron chi connectivity index (χ4n) is 1.45. The summed E-state index contributed by atoms with van der Waals surface area (Å²) < 4.78 is 28.1. The van der Waals surface area contributed by atoms with Crippen molar-refractivity contribution in [3.05, 3.63) is 41.1 Å². The lowest BCUT2D eigenvalue weighted by Crippen LogP contribution is -2.14. The molecular formula is C11H14N4O3S. The van der Waals surface area contributed by atoms with Crippen molar-refractivity contribution in [2.75, 3.05) is 4.72 Å². The van der Waals surface area contributed by atoms with Crippen molar-refractivity contribution in [1.29, 1.82) is 0 Å². The molecule has 0 fully saturated rings. The number of anilines is 1. The van der Waals surface area contributed by atoms with Gasteiger partial charge in [0, 0.05) is 24.5 Å². The standard InChI is InChI=1S/C11H14N4O3S/c1-8(2)15-7-9(5-13-15)14-19(17,18)10-3-4-11(16)12-6-10/h3-8,14H,1-2H3,(H,12,16). The number of nitrogens with one attached hydrogen (secondary N) is 2. The third kappa shape index (κ3) is 3.02. The average Bonchev–Trinajstić information content (AvgIpc) is 2.77. The van der Waals surface area contributed by atoms with Gasteiger partial charge in [0.1, 0.15) is 4.90 Å². The van der Waals surface area contributed by atoms with Crippen LogP contribution >= 0.6 is 0 Å². The van der Waals surface area contributed by atoms with Crippen LogP contribution in [0.25, 0.3) is 0 Å². The highest BCUT2D eigenvalue weighted by atomic mass is 32.2. The molecule has 0 atom stereocenters. The van der Waals surface area contributed by atoms with E-state index in [0.29, 0.717) is 5.69 Å². The largest absolute Gasteiger partial charge is 0.328 e. The van der Waals surface area contributed by atoms with Crippen molar-refractivity contribution < 1.29 is 8.42 Å². The summed E-state index contributed by atoms with van der Waals surface area (Å²) in [6.45, 7) is 3.88.